The van der Waals surface area contributed by atoms with Gasteiger partial charge in [-0.05, 0) is 29.8 Å². The minimum atomic E-state index is -0.336. The molecule has 2 rings (SSSR count). The number of carbonyl (C=O) groups excluding carboxylic acids is 1. The van der Waals surface area contributed by atoms with E-state index in [9.17, 15) is 9.18 Å². The van der Waals surface area contributed by atoms with E-state index in [-0.39, 0.29) is 5.82 Å². The van der Waals surface area contributed by atoms with Crippen LogP contribution in [0.5, 0.6) is 5.75 Å². The SMILES string of the molecule is CNc1cc(Cl)cc(-c2ccc(F)cc2)c1OC=O. The van der Waals surface area contributed by atoms with Crippen LogP contribution in [0.3, 0.4) is 0 Å². The van der Waals surface area contributed by atoms with Crippen LogP contribution in [0.1, 0.15) is 0 Å². The Morgan fingerprint density at radius 1 is 1.26 bits per heavy atom. The van der Waals surface area contributed by atoms with Crippen LogP contribution in [0, 0.1) is 5.82 Å². The molecule has 0 fully saturated rings. The van der Waals surface area contributed by atoms with Crippen molar-refractivity contribution in [3.05, 3.63) is 47.2 Å². The number of hydrogen-bond donors (Lipinski definition) is 1. The summed E-state index contributed by atoms with van der Waals surface area (Å²) >= 11 is 6.02. The summed E-state index contributed by atoms with van der Waals surface area (Å²) in [5.74, 6) is 0.0194. The molecule has 2 aromatic carbocycles. The fourth-order valence-corrected chi connectivity index (χ4v) is 2.02. The van der Waals surface area contributed by atoms with E-state index in [0.717, 1.165) is 0 Å². The quantitative estimate of drug-likeness (QED) is 0.867. The first-order valence-electron chi connectivity index (χ1n) is 5.53. The largest absolute Gasteiger partial charge is 0.426 e. The molecular weight excluding hydrogens is 269 g/mol. The van der Waals surface area contributed by atoms with Crippen molar-refractivity contribution in [1.29, 1.82) is 0 Å². The third-order valence-corrected chi connectivity index (χ3v) is 2.86. The minimum absolute atomic E-state index is 0.336. The van der Waals surface area contributed by atoms with Crippen molar-refractivity contribution < 1.29 is 13.9 Å². The maximum atomic E-state index is 12.9. The molecule has 0 spiro atoms. The average molecular weight is 280 g/mol. The number of halogens is 2. The molecule has 0 radical (unpaired) electrons. The Bertz CT molecular complexity index is 599. The lowest BCUT2D eigenvalue weighted by atomic mass is 10.0. The lowest BCUT2D eigenvalue weighted by molar-refractivity contribution is -0.120. The molecule has 19 heavy (non-hydrogen) atoms. The smallest absolute Gasteiger partial charge is 0.298 e. The van der Waals surface area contributed by atoms with Gasteiger partial charge in [0.25, 0.3) is 6.47 Å². The summed E-state index contributed by atoms with van der Waals surface area (Å²) in [6.07, 6.45) is 0. The molecular formula is C14H11ClFNO2. The highest BCUT2D eigenvalue weighted by atomic mass is 35.5. The Morgan fingerprint density at radius 3 is 2.53 bits per heavy atom. The first kappa shape index (κ1) is 13.4. The molecule has 0 bridgehead atoms. The van der Waals surface area contributed by atoms with Crippen LogP contribution >= 0.6 is 11.6 Å². The van der Waals surface area contributed by atoms with Gasteiger partial charge in [-0.25, -0.2) is 4.39 Å². The highest BCUT2D eigenvalue weighted by Gasteiger charge is 2.13. The average Bonchev–Trinajstić information content (AvgIpc) is 2.41. The van der Waals surface area contributed by atoms with Gasteiger partial charge in [-0.1, -0.05) is 23.7 Å². The van der Waals surface area contributed by atoms with Crippen LogP contribution in [-0.2, 0) is 4.79 Å². The topological polar surface area (TPSA) is 38.3 Å². The predicted molar refractivity (Wildman–Crippen MR) is 73.1 cm³/mol. The van der Waals surface area contributed by atoms with Crippen LogP contribution in [0.2, 0.25) is 5.02 Å². The second kappa shape index (κ2) is 5.71. The van der Waals surface area contributed by atoms with Crippen molar-refractivity contribution >= 4 is 23.8 Å². The number of carbonyl (C=O) groups is 1. The Hall–Kier alpha value is -2.07. The molecule has 0 unspecified atom stereocenters. The van der Waals surface area contributed by atoms with Crippen LogP contribution in [0.15, 0.2) is 36.4 Å². The van der Waals surface area contributed by atoms with Crippen molar-refractivity contribution in [2.24, 2.45) is 0 Å². The van der Waals surface area contributed by atoms with E-state index in [1.54, 1.807) is 31.3 Å². The summed E-state index contributed by atoms with van der Waals surface area (Å²) in [5, 5.41) is 3.39. The van der Waals surface area contributed by atoms with Crippen molar-refractivity contribution in [1.82, 2.24) is 0 Å². The molecule has 0 aliphatic heterocycles. The third kappa shape index (κ3) is 2.85. The molecule has 0 aliphatic carbocycles. The van der Waals surface area contributed by atoms with Gasteiger partial charge in [0.15, 0.2) is 5.75 Å². The summed E-state index contributed by atoms with van der Waals surface area (Å²) in [6, 6.07) is 9.16. The molecule has 0 amide bonds. The number of nitrogens with one attached hydrogen (secondary N) is 1. The molecule has 0 atom stereocenters. The number of ether oxygens (including phenoxy) is 1. The number of anilines is 1. The van der Waals surface area contributed by atoms with E-state index < -0.39 is 0 Å². The van der Waals surface area contributed by atoms with Gasteiger partial charge >= 0.3 is 0 Å². The van der Waals surface area contributed by atoms with Crippen molar-refractivity contribution in [3.8, 4) is 16.9 Å². The minimum Gasteiger partial charge on any atom is -0.426 e. The fourth-order valence-electron chi connectivity index (χ4n) is 1.80. The zero-order chi connectivity index (χ0) is 13.8. The molecule has 0 heterocycles. The zero-order valence-electron chi connectivity index (χ0n) is 10.1. The first-order chi connectivity index (χ1) is 9.15. The Morgan fingerprint density at radius 2 is 1.95 bits per heavy atom. The van der Waals surface area contributed by atoms with Gasteiger partial charge in [0.05, 0.1) is 5.69 Å². The number of benzene rings is 2. The van der Waals surface area contributed by atoms with Crippen molar-refractivity contribution in [3.63, 3.8) is 0 Å². The molecule has 2 aromatic rings. The maximum Gasteiger partial charge on any atom is 0.298 e. The van der Waals surface area contributed by atoms with Gasteiger partial charge < -0.3 is 10.1 Å². The van der Waals surface area contributed by atoms with Crippen molar-refractivity contribution in [2.75, 3.05) is 12.4 Å². The van der Waals surface area contributed by atoms with E-state index >= 15 is 0 Å². The highest BCUT2D eigenvalue weighted by molar-refractivity contribution is 6.31. The van der Waals surface area contributed by atoms with Crippen LogP contribution in [0.4, 0.5) is 10.1 Å². The summed E-state index contributed by atoms with van der Waals surface area (Å²) < 4.78 is 18.0. The second-order valence-electron chi connectivity index (χ2n) is 3.80. The van der Waals surface area contributed by atoms with Gasteiger partial charge in [-0.15, -0.1) is 0 Å². The molecule has 0 saturated carbocycles. The number of hydrogen-bond acceptors (Lipinski definition) is 3. The van der Waals surface area contributed by atoms with Crippen LogP contribution < -0.4 is 10.1 Å². The van der Waals surface area contributed by atoms with E-state index in [4.69, 9.17) is 16.3 Å². The molecule has 0 aliphatic rings. The lowest BCUT2D eigenvalue weighted by Gasteiger charge is -2.13. The Labute approximate surface area is 115 Å². The summed E-state index contributed by atoms with van der Waals surface area (Å²) in [6.45, 7) is 0.344. The summed E-state index contributed by atoms with van der Waals surface area (Å²) in [7, 11) is 1.69. The second-order valence-corrected chi connectivity index (χ2v) is 4.24. The molecule has 0 aromatic heterocycles. The van der Waals surface area contributed by atoms with Gasteiger partial charge in [0, 0.05) is 17.6 Å². The van der Waals surface area contributed by atoms with E-state index in [1.165, 1.54) is 12.1 Å². The van der Waals surface area contributed by atoms with Crippen LogP contribution in [-0.4, -0.2) is 13.5 Å². The summed E-state index contributed by atoms with van der Waals surface area (Å²) in [4.78, 5) is 10.6. The first-order valence-corrected chi connectivity index (χ1v) is 5.91. The zero-order valence-corrected chi connectivity index (χ0v) is 10.9. The Balaban J connectivity index is 2.62. The van der Waals surface area contributed by atoms with Crippen LogP contribution in [0.25, 0.3) is 11.1 Å². The fraction of sp³-hybridized carbons (Fsp3) is 0.0714. The van der Waals surface area contributed by atoms with Gasteiger partial charge in [-0.2, -0.15) is 0 Å². The molecule has 3 nitrogen and oxygen atoms in total. The summed E-state index contributed by atoms with van der Waals surface area (Å²) in [5.41, 5.74) is 1.90. The lowest BCUT2D eigenvalue weighted by Crippen LogP contribution is -1.98. The van der Waals surface area contributed by atoms with E-state index in [0.29, 0.717) is 34.1 Å². The molecule has 1 N–H and O–H groups in total. The maximum absolute atomic E-state index is 12.9. The number of rotatable bonds is 4. The Kier molecular flexibility index (Phi) is 4.02. The molecule has 5 heteroatoms. The normalized spacial score (nSPS) is 10.1. The molecule has 0 saturated heterocycles. The van der Waals surface area contributed by atoms with E-state index in [1.807, 2.05) is 0 Å². The predicted octanol–water partition coefficient (Wildman–Crippen LogP) is 3.72. The van der Waals surface area contributed by atoms with Gasteiger partial charge in [0.2, 0.25) is 0 Å². The standard InChI is InChI=1S/C14H11ClFNO2/c1-17-13-7-10(15)6-12(14(13)19-8-18)9-2-4-11(16)5-3-9/h2-8,17H,1H3. The third-order valence-electron chi connectivity index (χ3n) is 2.64. The monoisotopic (exact) mass is 279 g/mol. The van der Waals surface area contributed by atoms with Gasteiger partial charge in [0.1, 0.15) is 5.82 Å². The van der Waals surface area contributed by atoms with E-state index in [2.05, 4.69) is 5.32 Å². The molecule has 98 valence electrons. The van der Waals surface area contributed by atoms with Gasteiger partial charge in [-0.3, -0.25) is 4.79 Å². The van der Waals surface area contributed by atoms with Crippen molar-refractivity contribution in [2.45, 2.75) is 0 Å². The highest BCUT2D eigenvalue weighted by Crippen LogP contribution is 2.39.